The Kier molecular flexibility index (Phi) is 5.58. The zero-order valence-electron chi connectivity index (χ0n) is 14.2. The lowest BCUT2D eigenvalue weighted by Crippen LogP contribution is -2.24. The third-order valence-corrected chi connectivity index (χ3v) is 4.46. The van der Waals surface area contributed by atoms with E-state index in [-0.39, 0.29) is 5.91 Å². The van der Waals surface area contributed by atoms with Crippen LogP contribution < -0.4 is 0 Å². The molecule has 0 radical (unpaired) electrons. The standard InChI is InChI=1S/C17H29NO2/c1-10(2)16-12(5)14(9-15(19)18(7)20-8)13(6)17(16)11(3)4/h9-12,16H,1-8H3/b14-9+/t12-,16+/m1/s1. The molecule has 1 rings (SSSR count). The van der Waals surface area contributed by atoms with Crippen LogP contribution in [0.4, 0.5) is 0 Å². The molecule has 0 bridgehead atoms. The molecule has 3 heteroatoms. The molecule has 2 atom stereocenters. The van der Waals surface area contributed by atoms with Crippen molar-refractivity contribution >= 4 is 5.91 Å². The van der Waals surface area contributed by atoms with Crippen molar-refractivity contribution in [2.24, 2.45) is 23.7 Å². The summed E-state index contributed by atoms with van der Waals surface area (Å²) in [6.45, 7) is 13.4. The predicted octanol–water partition coefficient (Wildman–Crippen LogP) is 3.83. The zero-order chi connectivity index (χ0) is 15.6. The molecule has 0 aromatic heterocycles. The molecule has 1 amide bonds. The monoisotopic (exact) mass is 279 g/mol. The number of hydrogen-bond acceptors (Lipinski definition) is 2. The number of carbonyl (C=O) groups excluding carboxylic acids is 1. The summed E-state index contributed by atoms with van der Waals surface area (Å²) in [4.78, 5) is 17.0. The normalized spacial score (nSPS) is 25.2. The topological polar surface area (TPSA) is 29.5 Å². The van der Waals surface area contributed by atoms with Gasteiger partial charge in [-0.15, -0.1) is 0 Å². The molecule has 1 aliphatic carbocycles. The fourth-order valence-electron chi connectivity index (χ4n) is 3.53. The fraction of sp³-hybridized carbons (Fsp3) is 0.706. The Hall–Kier alpha value is -1.09. The molecule has 0 fully saturated rings. The van der Waals surface area contributed by atoms with Crippen LogP contribution in [0.3, 0.4) is 0 Å². The van der Waals surface area contributed by atoms with Gasteiger partial charge in [-0.1, -0.05) is 40.2 Å². The van der Waals surface area contributed by atoms with Crippen molar-refractivity contribution in [3.8, 4) is 0 Å². The average Bonchev–Trinajstić information content (AvgIpc) is 2.61. The molecule has 0 aliphatic heterocycles. The van der Waals surface area contributed by atoms with E-state index in [0.29, 0.717) is 23.7 Å². The van der Waals surface area contributed by atoms with Crippen LogP contribution in [-0.4, -0.2) is 25.1 Å². The second-order valence-electron chi connectivity index (χ2n) is 6.41. The first-order valence-electron chi connectivity index (χ1n) is 7.46. The van der Waals surface area contributed by atoms with Gasteiger partial charge in [0.05, 0.1) is 7.11 Å². The number of hydrogen-bond donors (Lipinski definition) is 0. The Morgan fingerprint density at radius 1 is 1.30 bits per heavy atom. The maximum atomic E-state index is 12.1. The van der Waals surface area contributed by atoms with Gasteiger partial charge in [0.2, 0.25) is 0 Å². The smallest absolute Gasteiger partial charge is 0.270 e. The number of rotatable bonds is 4. The maximum absolute atomic E-state index is 12.1. The van der Waals surface area contributed by atoms with E-state index < -0.39 is 0 Å². The summed E-state index contributed by atoms with van der Waals surface area (Å²) in [5.41, 5.74) is 3.97. The van der Waals surface area contributed by atoms with Gasteiger partial charge in [-0.25, -0.2) is 5.06 Å². The molecule has 0 spiro atoms. The lowest BCUT2D eigenvalue weighted by Gasteiger charge is -2.26. The van der Waals surface area contributed by atoms with Crippen LogP contribution in [0.25, 0.3) is 0 Å². The van der Waals surface area contributed by atoms with E-state index in [1.54, 1.807) is 13.1 Å². The molecule has 0 saturated carbocycles. The molecule has 3 nitrogen and oxygen atoms in total. The first-order valence-corrected chi connectivity index (χ1v) is 7.46. The van der Waals surface area contributed by atoms with Gasteiger partial charge in [0, 0.05) is 13.1 Å². The average molecular weight is 279 g/mol. The molecule has 0 unspecified atom stereocenters. The van der Waals surface area contributed by atoms with Gasteiger partial charge in [-0.2, -0.15) is 0 Å². The number of hydroxylamine groups is 2. The largest absolute Gasteiger partial charge is 0.274 e. The van der Waals surface area contributed by atoms with E-state index in [2.05, 4.69) is 41.5 Å². The van der Waals surface area contributed by atoms with Gasteiger partial charge in [-0.3, -0.25) is 9.63 Å². The Balaban J connectivity index is 3.22. The second-order valence-corrected chi connectivity index (χ2v) is 6.41. The molecular weight excluding hydrogens is 250 g/mol. The molecule has 0 N–H and O–H groups in total. The summed E-state index contributed by atoms with van der Waals surface area (Å²) in [5, 5.41) is 1.27. The minimum atomic E-state index is -0.0961. The Bertz CT molecular complexity index is 432. The Labute approximate surface area is 123 Å². The summed E-state index contributed by atoms with van der Waals surface area (Å²) in [5.74, 6) is 1.93. The van der Waals surface area contributed by atoms with Crippen molar-refractivity contribution in [2.75, 3.05) is 14.2 Å². The molecular formula is C17H29NO2. The SMILES string of the molecule is CON(C)C(=O)/C=C1/C(C)=C(C(C)C)[C@@H](C(C)C)[C@@H]1C. The molecule has 0 aromatic rings. The highest BCUT2D eigenvalue weighted by Crippen LogP contribution is 2.47. The van der Waals surface area contributed by atoms with Crippen molar-refractivity contribution in [1.82, 2.24) is 5.06 Å². The summed E-state index contributed by atoms with van der Waals surface area (Å²) in [6, 6.07) is 0. The van der Waals surface area contributed by atoms with E-state index in [1.165, 1.54) is 28.9 Å². The Morgan fingerprint density at radius 3 is 2.20 bits per heavy atom. The van der Waals surface area contributed by atoms with Gasteiger partial charge in [0.1, 0.15) is 0 Å². The quantitative estimate of drug-likeness (QED) is 0.578. The van der Waals surface area contributed by atoms with E-state index in [1.807, 2.05) is 0 Å². The minimum Gasteiger partial charge on any atom is -0.274 e. The summed E-state index contributed by atoms with van der Waals surface area (Å²) in [7, 11) is 3.15. The third-order valence-electron chi connectivity index (χ3n) is 4.46. The van der Waals surface area contributed by atoms with Crippen LogP contribution in [0.1, 0.15) is 41.5 Å². The Morgan fingerprint density at radius 2 is 1.85 bits per heavy atom. The van der Waals surface area contributed by atoms with Crippen LogP contribution in [0.2, 0.25) is 0 Å². The highest BCUT2D eigenvalue weighted by molar-refractivity contribution is 5.88. The lowest BCUT2D eigenvalue weighted by atomic mass is 9.78. The van der Waals surface area contributed by atoms with Crippen LogP contribution in [-0.2, 0) is 9.63 Å². The van der Waals surface area contributed by atoms with Crippen molar-refractivity contribution in [1.29, 1.82) is 0 Å². The highest BCUT2D eigenvalue weighted by Gasteiger charge is 2.37. The van der Waals surface area contributed by atoms with Crippen LogP contribution in [0.15, 0.2) is 22.8 Å². The van der Waals surface area contributed by atoms with Gasteiger partial charge >= 0.3 is 0 Å². The zero-order valence-corrected chi connectivity index (χ0v) is 14.2. The van der Waals surface area contributed by atoms with Crippen molar-refractivity contribution in [2.45, 2.75) is 41.5 Å². The third kappa shape index (κ3) is 3.14. The van der Waals surface area contributed by atoms with Crippen LogP contribution in [0.5, 0.6) is 0 Å². The first-order chi connectivity index (χ1) is 9.22. The summed E-state index contributed by atoms with van der Waals surface area (Å²) >= 11 is 0. The van der Waals surface area contributed by atoms with Crippen LogP contribution in [0, 0.1) is 23.7 Å². The number of amides is 1. The van der Waals surface area contributed by atoms with Crippen molar-refractivity contribution in [3.05, 3.63) is 22.8 Å². The van der Waals surface area contributed by atoms with Gasteiger partial charge < -0.3 is 0 Å². The maximum Gasteiger partial charge on any atom is 0.270 e. The lowest BCUT2D eigenvalue weighted by molar-refractivity contribution is -0.162. The first kappa shape index (κ1) is 17.0. The summed E-state index contributed by atoms with van der Waals surface area (Å²) < 4.78 is 0. The molecule has 0 aromatic carbocycles. The minimum absolute atomic E-state index is 0.0961. The summed E-state index contributed by atoms with van der Waals surface area (Å²) in [6.07, 6.45) is 1.74. The molecule has 0 heterocycles. The van der Waals surface area contributed by atoms with E-state index in [0.717, 1.165) is 0 Å². The van der Waals surface area contributed by atoms with Gasteiger partial charge in [-0.05, 0) is 41.7 Å². The number of carbonyl (C=O) groups is 1. The number of nitrogens with zero attached hydrogens (tertiary/aromatic N) is 1. The van der Waals surface area contributed by atoms with Crippen molar-refractivity contribution < 1.29 is 9.63 Å². The number of allylic oxidation sites excluding steroid dienone is 3. The predicted molar refractivity (Wildman–Crippen MR) is 82.9 cm³/mol. The van der Waals surface area contributed by atoms with E-state index in [9.17, 15) is 4.79 Å². The molecule has 114 valence electrons. The fourth-order valence-corrected chi connectivity index (χ4v) is 3.53. The number of likely N-dealkylation sites (N-methyl/N-ethyl adjacent to an activating group) is 1. The molecule has 20 heavy (non-hydrogen) atoms. The highest BCUT2D eigenvalue weighted by atomic mass is 16.7. The van der Waals surface area contributed by atoms with Crippen molar-refractivity contribution in [3.63, 3.8) is 0 Å². The molecule has 1 aliphatic rings. The van der Waals surface area contributed by atoms with Crippen LogP contribution >= 0.6 is 0 Å². The second kappa shape index (κ2) is 6.57. The van der Waals surface area contributed by atoms with Gasteiger partial charge in [0.25, 0.3) is 5.91 Å². The molecule has 0 saturated heterocycles. The van der Waals surface area contributed by atoms with Gasteiger partial charge in [0.15, 0.2) is 0 Å². The van der Waals surface area contributed by atoms with E-state index in [4.69, 9.17) is 4.84 Å². The van der Waals surface area contributed by atoms with E-state index >= 15 is 0 Å².